The van der Waals surface area contributed by atoms with Gasteiger partial charge in [0.05, 0.1) is 15.5 Å². The van der Waals surface area contributed by atoms with Gasteiger partial charge < -0.3 is 10.1 Å². The summed E-state index contributed by atoms with van der Waals surface area (Å²) < 4.78 is 30.3. The molecule has 1 N–H and O–H groups in total. The molecule has 8 nitrogen and oxygen atoms in total. The van der Waals surface area contributed by atoms with Crippen LogP contribution in [0.1, 0.15) is 27.6 Å². The fraction of sp³-hybridized carbons (Fsp3) is 0.211. The molecule has 10 heteroatoms. The van der Waals surface area contributed by atoms with Crippen LogP contribution in [0.2, 0.25) is 5.02 Å². The van der Waals surface area contributed by atoms with Gasteiger partial charge in [0.2, 0.25) is 10.0 Å². The molecular formula is C19H19ClN2O6S. The molecule has 0 spiro atoms. The van der Waals surface area contributed by atoms with Gasteiger partial charge in [0.25, 0.3) is 5.91 Å². The number of sulfonamides is 1. The molecule has 0 radical (unpaired) electrons. The van der Waals surface area contributed by atoms with Crippen LogP contribution in [0.15, 0.2) is 47.4 Å². The highest BCUT2D eigenvalue weighted by atomic mass is 35.5. The molecule has 0 atom stereocenters. The molecule has 154 valence electrons. The summed E-state index contributed by atoms with van der Waals surface area (Å²) in [7, 11) is -1.05. The molecule has 2 aromatic rings. The van der Waals surface area contributed by atoms with Crippen molar-refractivity contribution >= 4 is 45.0 Å². The number of halogens is 1. The Balaban J connectivity index is 2.05. The first-order valence-electron chi connectivity index (χ1n) is 8.32. The quantitative estimate of drug-likeness (QED) is 0.525. The smallest absolute Gasteiger partial charge is 0.340 e. The number of carbonyl (C=O) groups is 3. The molecule has 0 saturated heterocycles. The number of hydrogen-bond acceptors (Lipinski definition) is 6. The second kappa shape index (κ2) is 9.17. The zero-order valence-corrected chi connectivity index (χ0v) is 17.5. The van der Waals surface area contributed by atoms with Crippen LogP contribution in [0.3, 0.4) is 0 Å². The Bertz CT molecular complexity index is 1050. The number of amides is 1. The van der Waals surface area contributed by atoms with E-state index in [4.69, 9.17) is 16.3 Å². The van der Waals surface area contributed by atoms with Gasteiger partial charge in [-0.1, -0.05) is 11.6 Å². The van der Waals surface area contributed by atoms with E-state index in [-0.39, 0.29) is 21.3 Å². The van der Waals surface area contributed by atoms with Crippen LogP contribution < -0.4 is 5.32 Å². The van der Waals surface area contributed by atoms with Gasteiger partial charge in [-0.15, -0.1) is 0 Å². The van der Waals surface area contributed by atoms with Gasteiger partial charge in [-0.2, -0.15) is 0 Å². The van der Waals surface area contributed by atoms with Crippen molar-refractivity contribution in [3.8, 4) is 0 Å². The fourth-order valence-electron chi connectivity index (χ4n) is 2.23. The van der Waals surface area contributed by atoms with Crippen LogP contribution in [-0.2, 0) is 19.6 Å². The third kappa shape index (κ3) is 5.63. The third-order valence-electron chi connectivity index (χ3n) is 3.85. The average molecular weight is 439 g/mol. The van der Waals surface area contributed by atoms with Gasteiger partial charge in [0.1, 0.15) is 0 Å². The van der Waals surface area contributed by atoms with E-state index in [1.54, 1.807) is 24.3 Å². The molecule has 0 aliphatic rings. The van der Waals surface area contributed by atoms with Gasteiger partial charge in [-0.3, -0.25) is 9.59 Å². The Morgan fingerprint density at radius 1 is 1.07 bits per heavy atom. The molecule has 2 aromatic carbocycles. The van der Waals surface area contributed by atoms with E-state index in [1.807, 2.05) is 0 Å². The van der Waals surface area contributed by atoms with Gasteiger partial charge in [-0.05, 0) is 49.4 Å². The summed E-state index contributed by atoms with van der Waals surface area (Å²) >= 11 is 5.97. The fourth-order valence-corrected chi connectivity index (χ4v) is 3.35. The number of esters is 1. The van der Waals surface area contributed by atoms with Crippen LogP contribution >= 0.6 is 11.6 Å². The van der Waals surface area contributed by atoms with Crippen LogP contribution in [0, 0.1) is 0 Å². The standard InChI is InChI=1S/C19H19ClN2O6S/c1-12(23)13-4-6-14(7-5-13)21-18(24)11-28-19(25)16-10-15(8-9-17(16)20)29(26,27)22(2)3/h4-10H,11H2,1-3H3,(H,21,24). The Morgan fingerprint density at radius 2 is 1.69 bits per heavy atom. The number of nitrogens with zero attached hydrogens (tertiary/aromatic N) is 1. The largest absolute Gasteiger partial charge is 0.452 e. The molecule has 0 aliphatic carbocycles. The number of rotatable bonds is 7. The molecule has 0 bridgehead atoms. The summed E-state index contributed by atoms with van der Waals surface area (Å²) in [6.45, 7) is 0.825. The molecule has 0 saturated carbocycles. The average Bonchev–Trinajstić information content (AvgIpc) is 2.66. The first-order chi connectivity index (χ1) is 13.5. The lowest BCUT2D eigenvalue weighted by atomic mass is 10.1. The van der Waals surface area contributed by atoms with E-state index in [1.165, 1.54) is 33.2 Å². The summed E-state index contributed by atoms with van der Waals surface area (Å²) in [5.74, 6) is -1.65. The van der Waals surface area contributed by atoms with Crippen molar-refractivity contribution in [3.05, 3.63) is 58.6 Å². The van der Waals surface area contributed by atoms with Crippen molar-refractivity contribution in [1.29, 1.82) is 0 Å². The lowest BCUT2D eigenvalue weighted by molar-refractivity contribution is -0.119. The number of Topliss-reactive ketones (excluding diaryl/α,β-unsaturated/α-hetero) is 1. The van der Waals surface area contributed by atoms with Crippen LogP contribution in [0.25, 0.3) is 0 Å². The maximum atomic E-state index is 12.3. The number of hydrogen-bond donors (Lipinski definition) is 1. The van der Waals surface area contributed by atoms with Crippen LogP contribution in [0.4, 0.5) is 5.69 Å². The molecule has 0 heterocycles. The Hall–Kier alpha value is -2.75. The van der Waals surface area contributed by atoms with Crippen LogP contribution in [0.5, 0.6) is 0 Å². The molecule has 0 aliphatic heterocycles. The minimum atomic E-state index is -3.77. The highest BCUT2D eigenvalue weighted by molar-refractivity contribution is 7.89. The number of carbonyl (C=O) groups excluding carboxylic acids is 3. The SMILES string of the molecule is CC(=O)c1ccc(NC(=O)COC(=O)c2cc(S(=O)(=O)N(C)C)ccc2Cl)cc1. The lowest BCUT2D eigenvalue weighted by Gasteiger charge is -2.13. The van der Waals surface area contributed by atoms with E-state index in [0.29, 0.717) is 11.3 Å². The highest BCUT2D eigenvalue weighted by Gasteiger charge is 2.22. The maximum Gasteiger partial charge on any atom is 0.340 e. The second-order valence-corrected chi connectivity index (χ2v) is 8.75. The van der Waals surface area contributed by atoms with E-state index in [0.717, 1.165) is 10.4 Å². The first-order valence-corrected chi connectivity index (χ1v) is 10.1. The number of anilines is 1. The van der Waals surface area contributed by atoms with Crippen molar-refractivity contribution in [1.82, 2.24) is 4.31 Å². The number of benzene rings is 2. The minimum absolute atomic E-state index is 0.00654. The molecule has 29 heavy (non-hydrogen) atoms. The van der Waals surface area contributed by atoms with Gasteiger partial charge in [0, 0.05) is 25.3 Å². The predicted molar refractivity (Wildman–Crippen MR) is 108 cm³/mol. The monoisotopic (exact) mass is 438 g/mol. The Kier molecular flexibility index (Phi) is 7.12. The highest BCUT2D eigenvalue weighted by Crippen LogP contribution is 2.23. The van der Waals surface area contributed by atoms with Crippen molar-refractivity contribution in [3.63, 3.8) is 0 Å². The van der Waals surface area contributed by atoms with Gasteiger partial charge >= 0.3 is 5.97 Å². The Morgan fingerprint density at radius 3 is 2.24 bits per heavy atom. The minimum Gasteiger partial charge on any atom is -0.452 e. The van der Waals surface area contributed by atoms with Crippen molar-refractivity contribution in [2.75, 3.05) is 26.0 Å². The van der Waals surface area contributed by atoms with Crippen molar-refractivity contribution in [2.24, 2.45) is 0 Å². The molecule has 2 rings (SSSR count). The van der Waals surface area contributed by atoms with E-state index < -0.39 is 28.5 Å². The number of ketones is 1. The lowest BCUT2D eigenvalue weighted by Crippen LogP contribution is -2.23. The molecule has 0 aromatic heterocycles. The van der Waals surface area contributed by atoms with Crippen molar-refractivity contribution < 1.29 is 27.5 Å². The van der Waals surface area contributed by atoms with E-state index in [2.05, 4.69) is 5.32 Å². The van der Waals surface area contributed by atoms with Gasteiger partial charge in [0.15, 0.2) is 12.4 Å². The normalized spacial score (nSPS) is 11.2. The topological polar surface area (TPSA) is 110 Å². The third-order valence-corrected chi connectivity index (χ3v) is 5.99. The molecule has 1 amide bonds. The maximum absolute atomic E-state index is 12.3. The molecule has 0 fully saturated rings. The van der Waals surface area contributed by atoms with Crippen LogP contribution in [-0.4, -0.2) is 51.1 Å². The summed E-state index contributed by atoms with van der Waals surface area (Å²) in [5, 5.41) is 2.51. The second-order valence-electron chi connectivity index (χ2n) is 6.19. The Labute approximate surface area is 173 Å². The zero-order valence-electron chi connectivity index (χ0n) is 15.9. The zero-order chi connectivity index (χ0) is 21.8. The molecule has 0 unspecified atom stereocenters. The predicted octanol–water partition coefficient (Wildman–Crippen LogP) is 2.59. The first kappa shape index (κ1) is 22.5. The van der Waals surface area contributed by atoms with Gasteiger partial charge in [-0.25, -0.2) is 17.5 Å². The van der Waals surface area contributed by atoms with E-state index >= 15 is 0 Å². The summed E-state index contributed by atoms with van der Waals surface area (Å²) in [6.07, 6.45) is 0. The van der Waals surface area contributed by atoms with Crippen molar-refractivity contribution in [2.45, 2.75) is 11.8 Å². The van der Waals surface area contributed by atoms with E-state index in [9.17, 15) is 22.8 Å². The summed E-state index contributed by atoms with van der Waals surface area (Å²) in [6, 6.07) is 9.84. The molecular weight excluding hydrogens is 420 g/mol. The number of ether oxygens (including phenoxy) is 1. The summed E-state index contributed by atoms with van der Waals surface area (Å²) in [5.41, 5.74) is 0.748. The number of nitrogens with one attached hydrogen (secondary N) is 1. The summed E-state index contributed by atoms with van der Waals surface area (Å²) in [4.78, 5) is 35.4.